The molecule has 1 aromatic carbocycles. The van der Waals surface area contributed by atoms with Gasteiger partial charge in [0.2, 0.25) is 15.9 Å². The van der Waals surface area contributed by atoms with Gasteiger partial charge in [0.15, 0.2) is 0 Å². The van der Waals surface area contributed by atoms with E-state index >= 15 is 0 Å². The number of anilines is 1. The summed E-state index contributed by atoms with van der Waals surface area (Å²) >= 11 is 5.78. The van der Waals surface area contributed by atoms with Gasteiger partial charge in [-0.05, 0) is 24.6 Å². The zero-order valence-electron chi connectivity index (χ0n) is 10.3. The minimum Gasteiger partial charge on any atom is -0.372 e. The van der Waals surface area contributed by atoms with Crippen LogP contribution in [-0.2, 0) is 19.6 Å². The van der Waals surface area contributed by atoms with Gasteiger partial charge in [0.05, 0.1) is 5.02 Å². The van der Waals surface area contributed by atoms with Crippen molar-refractivity contribution in [2.75, 3.05) is 18.5 Å². The lowest BCUT2D eigenvalue weighted by Crippen LogP contribution is -2.19. The van der Waals surface area contributed by atoms with Crippen molar-refractivity contribution in [1.82, 2.24) is 0 Å². The lowest BCUT2D eigenvalue weighted by atomic mass is 10.3. The molecular weight excluding hydrogens is 292 g/mol. The first-order chi connectivity index (χ1) is 8.84. The highest BCUT2D eigenvalue weighted by atomic mass is 35.5. The maximum absolute atomic E-state index is 11.5. The second-order valence-electron chi connectivity index (χ2n) is 3.79. The van der Waals surface area contributed by atoms with Gasteiger partial charge < -0.3 is 10.1 Å². The summed E-state index contributed by atoms with van der Waals surface area (Å²) in [4.78, 5) is 11.3. The number of sulfonamides is 1. The quantitative estimate of drug-likeness (QED) is 0.775. The Morgan fingerprint density at radius 1 is 1.47 bits per heavy atom. The number of carbonyl (C=O) groups excluding carboxylic acids is 1. The number of hydrogen-bond acceptors (Lipinski definition) is 4. The predicted molar refractivity (Wildman–Crippen MR) is 72.6 cm³/mol. The molecular formula is C11H15ClN2O4S. The van der Waals surface area contributed by atoms with Crippen LogP contribution in [-0.4, -0.2) is 27.5 Å². The molecule has 1 aromatic rings. The summed E-state index contributed by atoms with van der Waals surface area (Å²) < 4.78 is 27.4. The average Bonchev–Trinajstić information content (AvgIpc) is 2.27. The minimum atomic E-state index is -3.87. The molecule has 8 heteroatoms. The summed E-state index contributed by atoms with van der Waals surface area (Å²) in [5, 5.41) is 7.46. The number of rotatable bonds is 6. The third-order valence-electron chi connectivity index (χ3n) is 2.10. The summed E-state index contributed by atoms with van der Waals surface area (Å²) in [5.41, 5.74) is 0.377. The monoisotopic (exact) mass is 306 g/mol. The molecule has 19 heavy (non-hydrogen) atoms. The number of amides is 1. The highest BCUT2D eigenvalue weighted by Crippen LogP contribution is 2.23. The summed E-state index contributed by atoms with van der Waals surface area (Å²) in [6, 6.07) is 3.96. The van der Waals surface area contributed by atoms with Crippen molar-refractivity contribution in [3.8, 4) is 0 Å². The number of primary sulfonamides is 1. The van der Waals surface area contributed by atoms with Crippen molar-refractivity contribution in [2.24, 2.45) is 5.14 Å². The van der Waals surface area contributed by atoms with E-state index in [1.54, 1.807) is 0 Å². The van der Waals surface area contributed by atoms with Crippen molar-refractivity contribution in [1.29, 1.82) is 0 Å². The minimum absolute atomic E-state index is 0.0465. The van der Waals surface area contributed by atoms with Gasteiger partial charge in [0.1, 0.15) is 11.5 Å². The molecule has 0 atom stereocenters. The first-order valence-corrected chi connectivity index (χ1v) is 7.47. The van der Waals surface area contributed by atoms with Crippen LogP contribution in [0.3, 0.4) is 0 Å². The average molecular weight is 307 g/mol. The van der Waals surface area contributed by atoms with E-state index in [1.807, 2.05) is 6.92 Å². The zero-order chi connectivity index (χ0) is 14.5. The fourth-order valence-corrected chi connectivity index (χ4v) is 2.41. The molecule has 0 radical (unpaired) electrons. The number of ether oxygens (including phenoxy) is 1. The van der Waals surface area contributed by atoms with E-state index in [9.17, 15) is 13.2 Å². The fraction of sp³-hybridized carbons (Fsp3) is 0.364. The summed E-state index contributed by atoms with van der Waals surface area (Å²) in [7, 11) is -3.87. The Labute approximate surface area is 116 Å². The smallest absolute Gasteiger partial charge is 0.250 e. The Balaban J connectivity index is 2.72. The molecule has 6 nitrogen and oxygen atoms in total. The van der Waals surface area contributed by atoms with Crippen LogP contribution in [0, 0.1) is 0 Å². The molecule has 0 bridgehead atoms. The van der Waals surface area contributed by atoms with Gasteiger partial charge in [-0.3, -0.25) is 4.79 Å². The standard InChI is InChI=1S/C11H15ClN2O4S/c1-2-5-18-7-11(15)14-8-3-4-10(9(12)6-8)19(13,16)17/h3-4,6H,2,5,7H2,1H3,(H,14,15)(H2,13,16,17). The SMILES string of the molecule is CCCOCC(=O)Nc1ccc(S(N)(=O)=O)c(Cl)c1. The van der Waals surface area contributed by atoms with Crippen LogP contribution in [0.2, 0.25) is 5.02 Å². The molecule has 0 unspecified atom stereocenters. The first kappa shape index (κ1) is 15.9. The molecule has 0 spiro atoms. The van der Waals surface area contributed by atoms with E-state index in [0.717, 1.165) is 6.42 Å². The largest absolute Gasteiger partial charge is 0.372 e. The molecule has 106 valence electrons. The van der Waals surface area contributed by atoms with E-state index in [2.05, 4.69) is 5.32 Å². The van der Waals surface area contributed by atoms with Crippen molar-refractivity contribution < 1.29 is 17.9 Å². The Morgan fingerprint density at radius 2 is 2.16 bits per heavy atom. The van der Waals surface area contributed by atoms with E-state index in [1.165, 1.54) is 18.2 Å². The maximum atomic E-state index is 11.5. The molecule has 0 aliphatic rings. The zero-order valence-corrected chi connectivity index (χ0v) is 11.9. The molecule has 1 amide bonds. The van der Waals surface area contributed by atoms with Crippen molar-refractivity contribution in [3.63, 3.8) is 0 Å². The number of nitrogens with one attached hydrogen (secondary N) is 1. The van der Waals surface area contributed by atoms with E-state index < -0.39 is 10.0 Å². The van der Waals surface area contributed by atoms with Crippen LogP contribution in [0.5, 0.6) is 0 Å². The van der Waals surface area contributed by atoms with Gasteiger partial charge in [-0.2, -0.15) is 0 Å². The number of halogens is 1. The second-order valence-corrected chi connectivity index (χ2v) is 5.73. The van der Waals surface area contributed by atoms with Gasteiger partial charge in [0, 0.05) is 12.3 Å². The van der Waals surface area contributed by atoms with E-state index in [-0.39, 0.29) is 22.4 Å². The van der Waals surface area contributed by atoms with Crippen LogP contribution in [0.25, 0.3) is 0 Å². The molecule has 0 aliphatic carbocycles. The third-order valence-corrected chi connectivity index (χ3v) is 3.50. The van der Waals surface area contributed by atoms with E-state index in [4.69, 9.17) is 21.5 Å². The van der Waals surface area contributed by atoms with Gasteiger partial charge in [-0.1, -0.05) is 18.5 Å². The van der Waals surface area contributed by atoms with Crippen LogP contribution < -0.4 is 10.5 Å². The predicted octanol–water partition coefficient (Wildman–Crippen LogP) is 1.35. The van der Waals surface area contributed by atoms with Gasteiger partial charge >= 0.3 is 0 Å². The molecule has 0 aliphatic heterocycles. The molecule has 3 N–H and O–H groups in total. The second kappa shape index (κ2) is 6.85. The van der Waals surface area contributed by atoms with Crippen LogP contribution in [0.15, 0.2) is 23.1 Å². The van der Waals surface area contributed by atoms with Gasteiger partial charge in [0.25, 0.3) is 0 Å². The van der Waals surface area contributed by atoms with Gasteiger partial charge in [-0.15, -0.1) is 0 Å². The first-order valence-electron chi connectivity index (χ1n) is 5.54. The van der Waals surface area contributed by atoms with E-state index in [0.29, 0.717) is 12.3 Å². The summed E-state index contributed by atoms with van der Waals surface area (Å²) in [5.74, 6) is -0.340. The van der Waals surface area contributed by atoms with Crippen LogP contribution in [0.4, 0.5) is 5.69 Å². The Morgan fingerprint density at radius 3 is 2.68 bits per heavy atom. The normalized spacial score (nSPS) is 11.3. The summed E-state index contributed by atoms with van der Waals surface area (Å²) in [6.07, 6.45) is 0.822. The number of hydrogen-bond donors (Lipinski definition) is 2. The highest BCUT2D eigenvalue weighted by Gasteiger charge is 2.13. The van der Waals surface area contributed by atoms with Crippen LogP contribution in [0.1, 0.15) is 13.3 Å². The number of benzene rings is 1. The Bertz CT molecular complexity index is 560. The maximum Gasteiger partial charge on any atom is 0.250 e. The summed E-state index contributed by atoms with van der Waals surface area (Å²) in [6.45, 7) is 2.37. The molecule has 0 saturated heterocycles. The van der Waals surface area contributed by atoms with Crippen LogP contribution >= 0.6 is 11.6 Å². The number of nitrogens with two attached hydrogens (primary N) is 1. The topological polar surface area (TPSA) is 98.5 Å². The highest BCUT2D eigenvalue weighted by molar-refractivity contribution is 7.89. The van der Waals surface area contributed by atoms with Crippen molar-refractivity contribution >= 4 is 33.2 Å². The third kappa shape index (κ3) is 5.15. The lowest BCUT2D eigenvalue weighted by Gasteiger charge is -2.08. The molecule has 0 saturated carbocycles. The lowest BCUT2D eigenvalue weighted by molar-refractivity contribution is -0.120. The number of carbonyl (C=O) groups is 1. The molecule has 1 rings (SSSR count). The molecule has 0 fully saturated rings. The van der Waals surface area contributed by atoms with Crippen molar-refractivity contribution in [3.05, 3.63) is 23.2 Å². The Hall–Kier alpha value is -1.15. The Kier molecular flexibility index (Phi) is 5.74. The van der Waals surface area contributed by atoms with Crippen molar-refractivity contribution in [2.45, 2.75) is 18.2 Å². The molecule has 0 aromatic heterocycles. The fourth-order valence-electron chi connectivity index (χ4n) is 1.32. The molecule has 0 heterocycles. The van der Waals surface area contributed by atoms with Gasteiger partial charge in [-0.25, -0.2) is 13.6 Å².